The Hall–Kier alpha value is -1.85. The van der Waals surface area contributed by atoms with E-state index in [0.717, 1.165) is 25.7 Å². The number of rotatable bonds is 3. The number of allylic oxidation sites excluding steroid dienone is 2. The SMILES string of the molecule is O=C(OCC1C2CC/C=C\CC[C@@H]21)ON1C(=O)CCC1=O. The maximum Gasteiger partial charge on any atom is 0.533 e. The molecule has 0 spiro atoms. The molecule has 0 aromatic rings. The van der Waals surface area contributed by atoms with Gasteiger partial charge in [0.15, 0.2) is 0 Å². The van der Waals surface area contributed by atoms with Crippen LogP contribution >= 0.6 is 0 Å². The fourth-order valence-electron chi connectivity index (χ4n) is 3.36. The van der Waals surface area contributed by atoms with Crippen molar-refractivity contribution in [1.82, 2.24) is 5.06 Å². The van der Waals surface area contributed by atoms with E-state index >= 15 is 0 Å². The van der Waals surface area contributed by atoms with Gasteiger partial charge in [-0.15, -0.1) is 0 Å². The van der Waals surface area contributed by atoms with Crippen molar-refractivity contribution in [1.29, 1.82) is 0 Å². The van der Waals surface area contributed by atoms with Gasteiger partial charge in [-0.2, -0.15) is 0 Å². The number of hydrogen-bond donors (Lipinski definition) is 0. The second kappa shape index (κ2) is 5.87. The number of hydrogen-bond acceptors (Lipinski definition) is 5. The molecule has 6 nitrogen and oxygen atoms in total. The normalized spacial score (nSPS) is 33.0. The average Bonchev–Trinajstić information content (AvgIpc) is 2.98. The van der Waals surface area contributed by atoms with Gasteiger partial charge in [0, 0.05) is 12.8 Å². The molecule has 2 unspecified atom stereocenters. The molecule has 0 bridgehead atoms. The second-order valence-corrected chi connectivity index (χ2v) is 5.85. The molecule has 1 saturated carbocycles. The van der Waals surface area contributed by atoms with Crippen molar-refractivity contribution in [2.45, 2.75) is 38.5 Å². The Morgan fingerprint density at radius 1 is 1.10 bits per heavy atom. The van der Waals surface area contributed by atoms with E-state index in [2.05, 4.69) is 17.0 Å². The molecule has 0 radical (unpaired) electrons. The molecule has 0 N–H and O–H groups in total. The third-order valence-corrected chi connectivity index (χ3v) is 4.57. The molecule has 1 saturated heterocycles. The van der Waals surface area contributed by atoms with E-state index in [1.807, 2.05) is 0 Å². The fourth-order valence-corrected chi connectivity index (χ4v) is 3.36. The highest BCUT2D eigenvalue weighted by Gasteiger charge is 2.49. The van der Waals surface area contributed by atoms with Crippen molar-refractivity contribution in [2.75, 3.05) is 6.61 Å². The first-order chi connectivity index (χ1) is 10.2. The molecule has 3 aliphatic rings. The summed E-state index contributed by atoms with van der Waals surface area (Å²) in [6.07, 6.45) is 8.07. The second-order valence-electron chi connectivity index (χ2n) is 5.85. The lowest BCUT2D eigenvalue weighted by molar-refractivity contribution is -0.177. The van der Waals surface area contributed by atoms with Gasteiger partial charge in [-0.3, -0.25) is 14.4 Å². The number of ether oxygens (including phenoxy) is 1. The van der Waals surface area contributed by atoms with Gasteiger partial charge in [-0.05, 0) is 43.4 Å². The minimum absolute atomic E-state index is 0.0892. The first-order valence-corrected chi connectivity index (χ1v) is 7.52. The molecular weight excluding hydrogens is 274 g/mol. The largest absolute Gasteiger partial charge is 0.533 e. The van der Waals surface area contributed by atoms with E-state index in [-0.39, 0.29) is 12.8 Å². The summed E-state index contributed by atoms with van der Waals surface area (Å²) in [6, 6.07) is 0. The molecule has 0 aromatic carbocycles. The third kappa shape index (κ3) is 3.09. The monoisotopic (exact) mass is 293 g/mol. The van der Waals surface area contributed by atoms with Crippen molar-refractivity contribution in [3.8, 4) is 0 Å². The number of imide groups is 1. The van der Waals surface area contributed by atoms with Crippen molar-refractivity contribution in [2.24, 2.45) is 17.8 Å². The van der Waals surface area contributed by atoms with Crippen LogP contribution in [0.3, 0.4) is 0 Å². The standard InChI is InChI=1S/C15H19NO5/c17-13-7-8-14(18)16(13)21-15(19)20-9-12-10-5-3-1-2-4-6-11(10)12/h1-2,10-12H,3-9H2/b2-1-/t10-,11?,12?/m0/s1. The summed E-state index contributed by atoms with van der Waals surface area (Å²) in [4.78, 5) is 38.9. The summed E-state index contributed by atoms with van der Waals surface area (Å²) in [5, 5.41) is 0.516. The lowest BCUT2D eigenvalue weighted by Crippen LogP contribution is -2.32. The van der Waals surface area contributed by atoms with Gasteiger partial charge < -0.3 is 4.74 Å². The summed E-state index contributed by atoms with van der Waals surface area (Å²) < 4.78 is 5.07. The van der Waals surface area contributed by atoms with E-state index in [1.54, 1.807) is 0 Å². The minimum atomic E-state index is -0.962. The quantitative estimate of drug-likeness (QED) is 0.453. The summed E-state index contributed by atoms with van der Waals surface area (Å²) in [6.45, 7) is 0.310. The number of amides is 2. The molecule has 1 heterocycles. The smallest absolute Gasteiger partial charge is 0.432 e. The molecule has 114 valence electrons. The maximum absolute atomic E-state index is 11.6. The summed E-state index contributed by atoms with van der Waals surface area (Å²) in [5.74, 6) is 0.658. The topological polar surface area (TPSA) is 72.9 Å². The van der Waals surface area contributed by atoms with Crippen LogP contribution in [0.1, 0.15) is 38.5 Å². The zero-order valence-corrected chi connectivity index (χ0v) is 11.8. The summed E-state index contributed by atoms with van der Waals surface area (Å²) in [5.41, 5.74) is 0. The van der Waals surface area contributed by atoms with Crippen LogP contribution in [0.15, 0.2) is 12.2 Å². The highest BCUT2D eigenvalue weighted by Crippen LogP contribution is 2.52. The molecule has 1 aliphatic heterocycles. The van der Waals surface area contributed by atoms with E-state index in [4.69, 9.17) is 4.74 Å². The molecule has 3 atom stereocenters. The molecule has 2 amide bonds. The molecule has 21 heavy (non-hydrogen) atoms. The van der Waals surface area contributed by atoms with Gasteiger partial charge in [0.2, 0.25) is 0 Å². The Morgan fingerprint density at radius 3 is 2.24 bits per heavy atom. The van der Waals surface area contributed by atoms with Crippen LogP contribution < -0.4 is 0 Å². The fraction of sp³-hybridized carbons (Fsp3) is 0.667. The molecule has 0 aromatic heterocycles. The Labute approximate surface area is 123 Å². The molecule has 3 rings (SSSR count). The van der Waals surface area contributed by atoms with Gasteiger partial charge in [-0.25, -0.2) is 4.79 Å². The number of nitrogens with zero attached hydrogens (tertiary/aromatic N) is 1. The Bertz CT molecular complexity index is 454. The van der Waals surface area contributed by atoms with Crippen LogP contribution in [0, 0.1) is 17.8 Å². The lowest BCUT2D eigenvalue weighted by Gasteiger charge is -2.12. The van der Waals surface area contributed by atoms with Gasteiger partial charge in [-0.1, -0.05) is 17.2 Å². The predicted octanol–water partition coefficient (Wildman–Crippen LogP) is 2.20. The highest BCUT2D eigenvalue weighted by atomic mass is 16.8. The Kier molecular flexibility index (Phi) is 3.94. The molecular formula is C15H19NO5. The molecule has 2 aliphatic carbocycles. The molecule has 2 fully saturated rings. The van der Waals surface area contributed by atoms with E-state index in [1.165, 1.54) is 0 Å². The van der Waals surface area contributed by atoms with Crippen LogP contribution in [0.4, 0.5) is 4.79 Å². The number of hydroxylamine groups is 2. The number of carbonyl (C=O) groups is 3. The van der Waals surface area contributed by atoms with Gasteiger partial charge in [0.1, 0.15) is 0 Å². The van der Waals surface area contributed by atoms with Crippen molar-refractivity contribution >= 4 is 18.0 Å². The van der Waals surface area contributed by atoms with Crippen molar-refractivity contribution in [3.63, 3.8) is 0 Å². The van der Waals surface area contributed by atoms with E-state index < -0.39 is 18.0 Å². The van der Waals surface area contributed by atoms with Crippen LogP contribution in [0.5, 0.6) is 0 Å². The first kappa shape index (κ1) is 14.1. The highest BCUT2D eigenvalue weighted by molar-refractivity contribution is 6.01. The van der Waals surface area contributed by atoms with Gasteiger partial charge >= 0.3 is 6.16 Å². The zero-order chi connectivity index (χ0) is 14.8. The van der Waals surface area contributed by atoms with Crippen LogP contribution in [-0.2, 0) is 19.2 Å². The Balaban J connectivity index is 1.42. The van der Waals surface area contributed by atoms with Crippen LogP contribution in [0.2, 0.25) is 0 Å². The zero-order valence-electron chi connectivity index (χ0n) is 11.8. The third-order valence-electron chi connectivity index (χ3n) is 4.57. The predicted molar refractivity (Wildman–Crippen MR) is 71.6 cm³/mol. The first-order valence-electron chi connectivity index (χ1n) is 7.52. The average molecular weight is 293 g/mol. The van der Waals surface area contributed by atoms with Crippen molar-refractivity contribution in [3.05, 3.63) is 12.2 Å². The number of carbonyl (C=O) groups excluding carboxylic acids is 3. The van der Waals surface area contributed by atoms with E-state index in [0.29, 0.717) is 29.4 Å². The Morgan fingerprint density at radius 2 is 1.67 bits per heavy atom. The lowest BCUT2D eigenvalue weighted by atomic mass is 10.1. The summed E-state index contributed by atoms with van der Waals surface area (Å²) in [7, 11) is 0. The number of fused-ring (bicyclic) bond motifs is 1. The van der Waals surface area contributed by atoms with Gasteiger partial charge in [0.05, 0.1) is 6.61 Å². The molecule has 6 heteroatoms. The van der Waals surface area contributed by atoms with Crippen LogP contribution in [-0.4, -0.2) is 29.6 Å². The van der Waals surface area contributed by atoms with Gasteiger partial charge in [0.25, 0.3) is 11.8 Å². The minimum Gasteiger partial charge on any atom is -0.432 e. The maximum atomic E-state index is 11.6. The summed E-state index contributed by atoms with van der Waals surface area (Å²) >= 11 is 0. The van der Waals surface area contributed by atoms with Crippen LogP contribution in [0.25, 0.3) is 0 Å². The van der Waals surface area contributed by atoms with Crippen molar-refractivity contribution < 1.29 is 24.0 Å². The van der Waals surface area contributed by atoms with E-state index in [9.17, 15) is 14.4 Å².